The fraction of sp³-hybridized carbons (Fsp3) is 0.455. The van der Waals surface area contributed by atoms with E-state index in [0.29, 0.717) is 6.54 Å². The third-order valence-corrected chi connectivity index (χ3v) is 5.01. The van der Waals surface area contributed by atoms with Crippen LogP contribution in [0.2, 0.25) is 0 Å². The number of alkyl halides is 2. The van der Waals surface area contributed by atoms with Crippen molar-refractivity contribution in [2.24, 2.45) is 0 Å². The van der Waals surface area contributed by atoms with Gasteiger partial charge >= 0.3 is 0 Å². The number of nitrogens with zero attached hydrogens (tertiary/aromatic N) is 2. The Bertz CT molecular complexity index is 864. The first kappa shape index (κ1) is 22.7. The fourth-order valence-corrected chi connectivity index (χ4v) is 3.33. The molecular weight excluding hydrogens is 408 g/mol. The van der Waals surface area contributed by atoms with Gasteiger partial charge in [-0.05, 0) is 37.6 Å². The highest BCUT2D eigenvalue weighted by molar-refractivity contribution is 5.80. The number of aliphatic hydroxyl groups excluding tert-OH is 1. The predicted molar refractivity (Wildman–Crippen MR) is 112 cm³/mol. The van der Waals surface area contributed by atoms with E-state index in [0.717, 1.165) is 30.0 Å². The maximum absolute atomic E-state index is 12.3. The molecule has 0 unspecified atom stereocenters. The third-order valence-electron chi connectivity index (χ3n) is 5.01. The molecule has 1 fully saturated rings. The van der Waals surface area contributed by atoms with E-state index in [1.54, 1.807) is 12.3 Å². The van der Waals surface area contributed by atoms with Gasteiger partial charge in [0.05, 0.1) is 12.6 Å². The quantitative estimate of drug-likeness (QED) is 0.630. The molecule has 3 atom stereocenters. The monoisotopic (exact) mass is 435 g/mol. The van der Waals surface area contributed by atoms with Gasteiger partial charge in [-0.25, -0.2) is 13.8 Å². The van der Waals surface area contributed by atoms with Gasteiger partial charge in [0.25, 0.3) is 6.43 Å². The lowest BCUT2D eigenvalue weighted by molar-refractivity contribution is -0.129. The molecule has 1 amide bonds. The van der Waals surface area contributed by atoms with E-state index in [1.807, 2.05) is 37.3 Å². The molecule has 1 aliphatic heterocycles. The van der Waals surface area contributed by atoms with Crippen LogP contribution in [0.15, 0.2) is 42.6 Å². The van der Waals surface area contributed by atoms with Gasteiger partial charge in [-0.3, -0.25) is 4.79 Å². The summed E-state index contributed by atoms with van der Waals surface area (Å²) in [5.41, 5.74) is 1.76. The summed E-state index contributed by atoms with van der Waals surface area (Å²) in [7, 11) is 0. The highest BCUT2D eigenvalue weighted by atomic mass is 19.3. The number of hydrogen-bond acceptors (Lipinski definition) is 6. The molecule has 0 saturated carbocycles. The zero-order valence-corrected chi connectivity index (χ0v) is 17.5. The van der Waals surface area contributed by atoms with Crippen molar-refractivity contribution in [3.63, 3.8) is 0 Å². The van der Waals surface area contributed by atoms with Crippen LogP contribution in [0.4, 0.5) is 14.5 Å². The number of pyridine rings is 1. The molecule has 31 heavy (non-hydrogen) atoms. The predicted octanol–water partition coefficient (Wildman–Crippen LogP) is 2.94. The van der Waals surface area contributed by atoms with Crippen molar-refractivity contribution < 1.29 is 28.2 Å². The Morgan fingerprint density at radius 3 is 2.71 bits per heavy atom. The van der Waals surface area contributed by atoms with Crippen LogP contribution in [0.1, 0.15) is 31.9 Å². The molecule has 1 saturated heterocycles. The number of halogens is 2. The van der Waals surface area contributed by atoms with Crippen LogP contribution in [-0.4, -0.2) is 54.3 Å². The second-order valence-electron chi connectivity index (χ2n) is 7.50. The maximum Gasteiger partial charge on any atom is 0.272 e. The molecule has 2 heterocycles. The smallest absolute Gasteiger partial charge is 0.272 e. The van der Waals surface area contributed by atoms with E-state index in [4.69, 9.17) is 9.47 Å². The first-order chi connectivity index (χ1) is 14.8. The topological polar surface area (TPSA) is 83.9 Å². The number of ether oxygens (including phenoxy) is 2. The molecule has 0 radical (unpaired) electrons. The van der Waals surface area contributed by atoms with Crippen molar-refractivity contribution in [1.82, 2.24) is 10.3 Å². The molecule has 168 valence electrons. The first-order valence-corrected chi connectivity index (χ1v) is 10.2. The van der Waals surface area contributed by atoms with E-state index >= 15 is 0 Å². The van der Waals surface area contributed by atoms with Gasteiger partial charge in [-0.2, -0.15) is 0 Å². The molecule has 0 aliphatic carbocycles. The Hall–Kier alpha value is -2.94. The Balaban J connectivity index is 1.53. The normalized spacial score (nSPS) is 18.0. The van der Waals surface area contributed by atoms with Crippen LogP contribution >= 0.6 is 0 Å². The van der Waals surface area contributed by atoms with Crippen molar-refractivity contribution in [3.05, 3.63) is 48.2 Å². The average Bonchev–Trinajstić information content (AvgIpc) is 3.21. The summed E-state index contributed by atoms with van der Waals surface area (Å²) in [6, 6.07) is 10.7. The second-order valence-corrected chi connectivity index (χ2v) is 7.50. The number of carbonyl (C=O) groups is 1. The number of nitrogens with one attached hydrogen (secondary N) is 1. The number of aromatic nitrogens is 1. The van der Waals surface area contributed by atoms with Crippen molar-refractivity contribution in [3.8, 4) is 11.6 Å². The van der Waals surface area contributed by atoms with E-state index in [9.17, 15) is 18.7 Å². The standard InChI is InChI=1S/C22H27F2N3O4/c1-14(26-22(29)15(2)28)16-3-5-18(6-4-16)31-19-8-10-27(12-19)17-7-9-25-21(11-17)30-13-20(23)24/h3-7,9,11,14-15,19-20,28H,8,10,12-13H2,1-2H3,(H,26,29)/t14-,15+,19+/m0/s1. The first-order valence-electron chi connectivity index (χ1n) is 10.2. The largest absolute Gasteiger partial charge is 0.489 e. The summed E-state index contributed by atoms with van der Waals surface area (Å²) < 4.78 is 35.7. The summed E-state index contributed by atoms with van der Waals surface area (Å²) in [6.07, 6.45) is -1.25. The Morgan fingerprint density at radius 2 is 2.03 bits per heavy atom. The van der Waals surface area contributed by atoms with Gasteiger partial charge in [0.2, 0.25) is 11.8 Å². The lowest BCUT2D eigenvalue weighted by atomic mass is 10.1. The van der Waals surface area contributed by atoms with Gasteiger partial charge < -0.3 is 24.8 Å². The van der Waals surface area contributed by atoms with Crippen LogP contribution < -0.4 is 19.7 Å². The number of rotatable bonds is 9. The maximum atomic E-state index is 12.3. The number of amides is 1. The minimum atomic E-state index is -2.54. The number of hydrogen-bond donors (Lipinski definition) is 2. The molecule has 2 aromatic rings. The molecule has 2 N–H and O–H groups in total. The number of benzene rings is 1. The molecule has 3 rings (SSSR count). The van der Waals surface area contributed by atoms with E-state index < -0.39 is 25.0 Å². The van der Waals surface area contributed by atoms with Gasteiger partial charge in [-0.15, -0.1) is 0 Å². The molecule has 0 bridgehead atoms. The van der Waals surface area contributed by atoms with Crippen molar-refractivity contribution in [2.45, 2.75) is 44.9 Å². The zero-order chi connectivity index (χ0) is 22.4. The SMILES string of the molecule is C[C@H](NC(=O)[C@@H](C)O)c1ccc(O[C@@H]2CCN(c3ccnc(OCC(F)F)c3)C2)cc1. The highest BCUT2D eigenvalue weighted by Crippen LogP contribution is 2.26. The van der Waals surface area contributed by atoms with Gasteiger partial charge in [-0.1, -0.05) is 12.1 Å². The summed E-state index contributed by atoms with van der Waals surface area (Å²) in [6.45, 7) is 4.01. The van der Waals surface area contributed by atoms with Crippen LogP contribution in [-0.2, 0) is 4.79 Å². The lowest BCUT2D eigenvalue weighted by Gasteiger charge is -2.20. The summed E-state index contributed by atoms with van der Waals surface area (Å²) >= 11 is 0. The fourth-order valence-electron chi connectivity index (χ4n) is 3.33. The average molecular weight is 435 g/mol. The Labute approximate surface area is 180 Å². The molecule has 1 aliphatic rings. The van der Waals surface area contributed by atoms with Crippen LogP contribution in [0.25, 0.3) is 0 Å². The minimum Gasteiger partial charge on any atom is -0.489 e. The second kappa shape index (κ2) is 10.4. The molecular formula is C22H27F2N3O4. The summed E-state index contributed by atoms with van der Waals surface area (Å²) in [5.74, 6) is 0.479. The molecule has 7 nitrogen and oxygen atoms in total. The van der Waals surface area contributed by atoms with Crippen molar-refractivity contribution in [2.75, 3.05) is 24.6 Å². The minimum absolute atomic E-state index is 0.0168. The number of aliphatic hydroxyl groups is 1. The molecule has 0 spiro atoms. The zero-order valence-electron chi connectivity index (χ0n) is 17.5. The van der Waals surface area contributed by atoms with Gasteiger partial charge in [0, 0.05) is 30.9 Å². The molecule has 9 heteroatoms. The lowest BCUT2D eigenvalue weighted by Crippen LogP contribution is -2.34. The molecule has 1 aromatic heterocycles. The number of carbonyl (C=O) groups excluding carboxylic acids is 1. The Morgan fingerprint density at radius 1 is 1.29 bits per heavy atom. The molecule has 1 aromatic carbocycles. The summed E-state index contributed by atoms with van der Waals surface area (Å²) in [4.78, 5) is 17.7. The number of anilines is 1. The van der Waals surface area contributed by atoms with Crippen molar-refractivity contribution >= 4 is 11.6 Å². The van der Waals surface area contributed by atoms with Crippen LogP contribution in [0.3, 0.4) is 0 Å². The van der Waals surface area contributed by atoms with Crippen LogP contribution in [0, 0.1) is 0 Å². The Kier molecular flexibility index (Phi) is 7.62. The summed E-state index contributed by atoms with van der Waals surface area (Å²) in [5, 5.41) is 12.0. The van der Waals surface area contributed by atoms with E-state index in [2.05, 4.69) is 15.2 Å². The van der Waals surface area contributed by atoms with Gasteiger partial charge in [0.1, 0.15) is 18.0 Å². The third kappa shape index (κ3) is 6.52. The van der Waals surface area contributed by atoms with E-state index in [-0.39, 0.29) is 18.0 Å². The van der Waals surface area contributed by atoms with Crippen LogP contribution in [0.5, 0.6) is 11.6 Å². The van der Waals surface area contributed by atoms with E-state index in [1.165, 1.54) is 6.92 Å². The van der Waals surface area contributed by atoms with Gasteiger partial charge in [0.15, 0.2) is 6.61 Å². The van der Waals surface area contributed by atoms with Crippen molar-refractivity contribution in [1.29, 1.82) is 0 Å². The highest BCUT2D eigenvalue weighted by Gasteiger charge is 2.25.